The highest BCUT2D eigenvalue weighted by atomic mass is 32.1. The smallest absolute Gasteiger partial charge is 0.254 e. The van der Waals surface area contributed by atoms with Crippen LogP contribution in [-0.4, -0.2) is 37.0 Å². The molecule has 1 aliphatic heterocycles. The number of rotatable bonds is 2. The molecule has 2 aromatic rings. The van der Waals surface area contributed by atoms with Crippen molar-refractivity contribution < 1.29 is 9.18 Å². The van der Waals surface area contributed by atoms with E-state index in [9.17, 15) is 9.18 Å². The van der Waals surface area contributed by atoms with Crippen LogP contribution in [0.15, 0.2) is 35.0 Å². The first-order valence-electron chi connectivity index (χ1n) is 6.95. The summed E-state index contributed by atoms with van der Waals surface area (Å²) in [6.45, 7) is 2.46. The van der Waals surface area contributed by atoms with E-state index in [0.717, 1.165) is 11.3 Å². The van der Waals surface area contributed by atoms with Gasteiger partial charge in [-0.05, 0) is 29.6 Å². The van der Waals surface area contributed by atoms with Crippen molar-refractivity contribution >= 4 is 22.9 Å². The van der Waals surface area contributed by atoms with Crippen LogP contribution in [-0.2, 0) is 0 Å². The molecule has 0 radical (unpaired) electrons. The van der Waals surface area contributed by atoms with Gasteiger partial charge in [0, 0.05) is 31.6 Å². The van der Waals surface area contributed by atoms with Gasteiger partial charge in [-0.25, -0.2) is 4.39 Å². The van der Waals surface area contributed by atoms with Gasteiger partial charge in [0.25, 0.3) is 5.91 Å². The molecule has 1 amide bonds. The Balaban J connectivity index is 1.70. The Labute approximate surface area is 132 Å². The Hall–Kier alpha value is -2.39. The van der Waals surface area contributed by atoms with Crippen LogP contribution in [0.2, 0.25) is 0 Å². The quantitative estimate of drug-likeness (QED) is 0.856. The fraction of sp³-hybridized carbons (Fsp3) is 0.250. The number of benzene rings is 1. The van der Waals surface area contributed by atoms with Crippen molar-refractivity contribution in [2.45, 2.75) is 0 Å². The van der Waals surface area contributed by atoms with Crippen LogP contribution in [0.1, 0.15) is 15.9 Å². The molecule has 1 fully saturated rings. The number of hydrogen-bond donors (Lipinski definition) is 0. The number of piperazine rings is 1. The number of halogens is 1. The third kappa shape index (κ3) is 2.81. The zero-order chi connectivity index (χ0) is 15.5. The Bertz CT molecular complexity index is 715. The molecule has 1 saturated heterocycles. The van der Waals surface area contributed by atoms with Crippen molar-refractivity contribution in [2.24, 2.45) is 0 Å². The second kappa shape index (κ2) is 6.16. The minimum Gasteiger partial charge on any atom is -0.367 e. The number of hydrogen-bond acceptors (Lipinski definition) is 4. The Morgan fingerprint density at radius 2 is 2.00 bits per heavy atom. The number of nitrogens with zero attached hydrogens (tertiary/aromatic N) is 3. The van der Waals surface area contributed by atoms with Gasteiger partial charge >= 0.3 is 0 Å². The minimum atomic E-state index is -0.411. The van der Waals surface area contributed by atoms with E-state index in [0.29, 0.717) is 31.7 Å². The van der Waals surface area contributed by atoms with E-state index in [2.05, 4.69) is 0 Å². The van der Waals surface area contributed by atoms with Crippen LogP contribution in [0.25, 0.3) is 0 Å². The van der Waals surface area contributed by atoms with Crippen LogP contribution in [0.4, 0.5) is 10.1 Å². The standard InChI is InChI=1S/C16H14FN3OS/c17-14-1-2-15(13(9-14)10-18)19-4-6-20(7-5-19)16(21)12-3-8-22-11-12/h1-3,8-9,11H,4-7H2. The molecule has 22 heavy (non-hydrogen) atoms. The number of nitriles is 1. The fourth-order valence-corrected chi connectivity index (χ4v) is 3.22. The predicted molar refractivity (Wildman–Crippen MR) is 83.6 cm³/mol. The molecular formula is C16H14FN3OS. The van der Waals surface area contributed by atoms with E-state index in [1.54, 1.807) is 6.07 Å². The van der Waals surface area contributed by atoms with E-state index < -0.39 is 5.82 Å². The molecule has 4 nitrogen and oxygen atoms in total. The van der Waals surface area contributed by atoms with Gasteiger partial charge in [0.1, 0.15) is 11.9 Å². The largest absolute Gasteiger partial charge is 0.367 e. The molecule has 0 spiro atoms. The molecule has 0 bridgehead atoms. The van der Waals surface area contributed by atoms with Gasteiger partial charge in [0.2, 0.25) is 0 Å². The number of carbonyl (C=O) groups is 1. The van der Waals surface area contributed by atoms with Gasteiger partial charge < -0.3 is 9.80 Å². The van der Waals surface area contributed by atoms with Crippen LogP contribution >= 0.6 is 11.3 Å². The van der Waals surface area contributed by atoms with Crippen LogP contribution in [0.5, 0.6) is 0 Å². The second-order valence-corrected chi connectivity index (χ2v) is 5.84. The van der Waals surface area contributed by atoms with Crippen molar-refractivity contribution in [3.63, 3.8) is 0 Å². The highest BCUT2D eigenvalue weighted by Crippen LogP contribution is 2.23. The molecule has 112 valence electrons. The zero-order valence-corrected chi connectivity index (χ0v) is 12.6. The average molecular weight is 315 g/mol. The van der Waals surface area contributed by atoms with E-state index in [-0.39, 0.29) is 5.91 Å². The van der Waals surface area contributed by atoms with Crippen LogP contribution in [0, 0.1) is 17.1 Å². The van der Waals surface area contributed by atoms with Gasteiger partial charge in [-0.2, -0.15) is 16.6 Å². The molecule has 3 rings (SSSR count). The zero-order valence-electron chi connectivity index (χ0n) is 11.8. The highest BCUT2D eigenvalue weighted by Gasteiger charge is 2.23. The Kier molecular flexibility index (Phi) is 4.07. The third-order valence-corrected chi connectivity index (χ3v) is 4.44. The number of amides is 1. The summed E-state index contributed by atoms with van der Waals surface area (Å²) in [7, 11) is 0. The van der Waals surface area contributed by atoms with Gasteiger partial charge in [-0.1, -0.05) is 0 Å². The Morgan fingerprint density at radius 3 is 2.64 bits per heavy atom. The molecular weight excluding hydrogens is 301 g/mol. The summed E-state index contributed by atoms with van der Waals surface area (Å²) in [5, 5.41) is 12.9. The fourth-order valence-electron chi connectivity index (χ4n) is 2.59. The maximum Gasteiger partial charge on any atom is 0.254 e. The van der Waals surface area contributed by atoms with E-state index in [1.165, 1.54) is 23.5 Å². The first kappa shape index (κ1) is 14.5. The molecule has 1 aromatic heterocycles. The van der Waals surface area contributed by atoms with Gasteiger partial charge in [-0.15, -0.1) is 0 Å². The maximum atomic E-state index is 13.2. The predicted octanol–water partition coefficient (Wildman–Crippen LogP) is 2.72. The topological polar surface area (TPSA) is 47.3 Å². The van der Waals surface area contributed by atoms with Crippen molar-refractivity contribution in [1.82, 2.24) is 4.90 Å². The molecule has 1 aromatic carbocycles. The average Bonchev–Trinajstić information content (AvgIpc) is 3.08. The van der Waals surface area contributed by atoms with Gasteiger partial charge in [-0.3, -0.25) is 4.79 Å². The number of thiophene rings is 1. The lowest BCUT2D eigenvalue weighted by molar-refractivity contribution is 0.0747. The van der Waals surface area contributed by atoms with E-state index in [4.69, 9.17) is 5.26 Å². The summed E-state index contributed by atoms with van der Waals surface area (Å²) in [6.07, 6.45) is 0. The molecule has 2 heterocycles. The lowest BCUT2D eigenvalue weighted by Gasteiger charge is -2.36. The van der Waals surface area contributed by atoms with Crippen LogP contribution in [0.3, 0.4) is 0 Å². The molecule has 0 aliphatic carbocycles. The summed E-state index contributed by atoms with van der Waals surface area (Å²) in [6, 6.07) is 8.09. The van der Waals surface area contributed by atoms with E-state index in [1.807, 2.05) is 32.7 Å². The summed E-state index contributed by atoms with van der Waals surface area (Å²) >= 11 is 1.51. The summed E-state index contributed by atoms with van der Waals surface area (Å²) < 4.78 is 13.2. The SMILES string of the molecule is N#Cc1cc(F)ccc1N1CCN(C(=O)c2ccsc2)CC1. The van der Waals surface area contributed by atoms with Crippen molar-refractivity contribution in [3.8, 4) is 6.07 Å². The van der Waals surface area contributed by atoms with E-state index >= 15 is 0 Å². The lowest BCUT2D eigenvalue weighted by Crippen LogP contribution is -2.49. The molecule has 0 atom stereocenters. The molecule has 0 N–H and O–H groups in total. The summed E-state index contributed by atoms with van der Waals surface area (Å²) in [5.41, 5.74) is 1.78. The van der Waals surface area contributed by atoms with Crippen molar-refractivity contribution in [3.05, 3.63) is 52.0 Å². The summed E-state index contributed by atoms with van der Waals surface area (Å²) in [5.74, 6) is -0.368. The maximum absolute atomic E-state index is 13.2. The minimum absolute atomic E-state index is 0.0421. The monoisotopic (exact) mass is 315 g/mol. The van der Waals surface area contributed by atoms with Crippen molar-refractivity contribution in [1.29, 1.82) is 5.26 Å². The molecule has 1 aliphatic rings. The Morgan fingerprint density at radius 1 is 1.23 bits per heavy atom. The number of carbonyl (C=O) groups excluding carboxylic acids is 1. The van der Waals surface area contributed by atoms with Gasteiger partial charge in [0.05, 0.1) is 16.8 Å². The second-order valence-electron chi connectivity index (χ2n) is 5.06. The first-order chi connectivity index (χ1) is 10.7. The number of anilines is 1. The third-order valence-electron chi connectivity index (χ3n) is 3.75. The molecule has 0 saturated carbocycles. The highest BCUT2D eigenvalue weighted by molar-refractivity contribution is 7.08. The van der Waals surface area contributed by atoms with Crippen molar-refractivity contribution in [2.75, 3.05) is 31.1 Å². The van der Waals surface area contributed by atoms with Crippen LogP contribution < -0.4 is 4.90 Å². The first-order valence-corrected chi connectivity index (χ1v) is 7.89. The molecule has 6 heteroatoms. The molecule has 0 unspecified atom stereocenters. The normalized spacial score (nSPS) is 14.7. The van der Waals surface area contributed by atoms with Gasteiger partial charge in [0.15, 0.2) is 0 Å². The summed E-state index contributed by atoms with van der Waals surface area (Å²) in [4.78, 5) is 16.1. The lowest BCUT2D eigenvalue weighted by atomic mass is 10.1.